The fourth-order valence-corrected chi connectivity index (χ4v) is 0.726. The van der Waals surface area contributed by atoms with Crippen molar-refractivity contribution in [3.05, 3.63) is 36.6 Å². The predicted molar refractivity (Wildman–Crippen MR) is 48.5 cm³/mol. The molecular weight excluding hydrogens is 170 g/mol. The molecule has 0 amide bonds. The van der Waals surface area contributed by atoms with Crippen LogP contribution in [0.3, 0.4) is 0 Å². The van der Waals surface area contributed by atoms with Gasteiger partial charge >= 0.3 is 5.69 Å². The van der Waals surface area contributed by atoms with Crippen LogP contribution in [0.5, 0.6) is 0 Å². The van der Waals surface area contributed by atoms with Crippen LogP contribution in [0.25, 0.3) is 0 Å². The van der Waals surface area contributed by atoms with Gasteiger partial charge in [0.25, 0.3) is 0 Å². The molecule has 0 saturated carbocycles. The molecular formula is C8H11N3O2. The molecule has 5 heteroatoms. The fraction of sp³-hybridized carbons (Fsp3) is 0.250. The van der Waals surface area contributed by atoms with Crippen LogP contribution in [0.4, 0.5) is 5.82 Å². The van der Waals surface area contributed by atoms with Crippen LogP contribution in [-0.2, 0) is 11.5 Å². The number of nitrogen functional groups attached to an aromatic ring is 1. The second-order valence-corrected chi connectivity index (χ2v) is 2.52. The Morgan fingerprint density at radius 3 is 2.92 bits per heavy atom. The summed E-state index contributed by atoms with van der Waals surface area (Å²) in [6, 6.07) is 1.52. The monoisotopic (exact) mass is 181 g/mol. The lowest BCUT2D eigenvalue weighted by atomic mass is 10.5. The van der Waals surface area contributed by atoms with Crippen LogP contribution >= 0.6 is 0 Å². The number of aromatic nitrogens is 2. The highest BCUT2D eigenvalue weighted by Gasteiger charge is 1.98. The van der Waals surface area contributed by atoms with Gasteiger partial charge in [-0.1, -0.05) is 0 Å². The topological polar surface area (TPSA) is 70.1 Å². The molecule has 0 fully saturated rings. The Hall–Kier alpha value is -1.36. The molecule has 13 heavy (non-hydrogen) atoms. The Morgan fingerprint density at radius 1 is 1.69 bits per heavy atom. The maximum Gasteiger partial charge on any atom is 0.351 e. The van der Waals surface area contributed by atoms with E-state index in [1.54, 1.807) is 0 Å². The first-order valence-electron chi connectivity index (χ1n) is 3.70. The van der Waals surface area contributed by atoms with Crippen molar-refractivity contribution in [2.45, 2.75) is 12.8 Å². The third-order valence-corrected chi connectivity index (χ3v) is 1.35. The van der Waals surface area contributed by atoms with Crippen LogP contribution in [0, 0.1) is 13.8 Å². The van der Waals surface area contributed by atoms with Crippen LogP contribution in [0.15, 0.2) is 17.1 Å². The Kier molecular flexibility index (Phi) is 3.02. The fourth-order valence-electron chi connectivity index (χ4n) is 0.726. The average Bonchev–Trinajstić information content (AvgIpc) is 2.02. The quantitative estimate of drug-likeness (QED) is 0.703. The number of nitrogens with two attached hydrogens (primary N) is 1. The average molecular weight is 181 g/mol. The van der Waals surface area contributed by atoms with Crippen molar-refractivity contribution in [2.75, 3.05) is 5.73 Å². The van der Waals surface area contributed by atoms with E-state index in [1.165, 1.54) is 16.8 Å². The maximum atomic E-state index is 11.1. The molecule has 0 saturated heterocycles. The van der Waals surface area contributed by atoms with Crippen LogP contribution in [0.2, 0.25) is 0 Å². The van der Waals surface area contributed by atoms with Gasteiger partial charge in [-0.05, 0) is 19.9 Å². The van der Waals surface area contributed by atoms with Gasteiger partial charge in [0.1, 0.15) is 12.5 Å². The van der Waals surface area contributed by atoms with Gasteiger partial charge in [0.05, 0.1) is 6.10 Å². The number of rotatable bonds is 3. The van der Waals surface area contributed by atoms with E-state index < -0.39 is 11.8 Å². The first-order chi connectivity index (χ1) is 6.09. The van der Waals surface area contributed by atoms with Crippen molar-refractivity contribution in [1.29, 1.82) is 0 Å². The lowest BCUT2D eigenvalue weighted by Crippen LogP contribution is -2.25. The minimum atomic E-state index is -0.444. The van der Waals surface area contributed by atoms with Crippen molar-refractivity contribution in [1.82, 2.24) is 9.55 Å². The summed E-state index contributed by atoms with van der Waals surface area (Å²) in [4.78, 5) is 14.6. The molecule has 0 aliphatic rings. The maximum absolute atomic E-state index is 11.1. The second-order valence-electron chi connectivity index (χ2n) is 2.52. The molecule has 1 aromatic rings. The number of hydrogen-bond acceptors (Lipinski definition) is 4. The van der Waals surface area contributed by atoms with Gasteiger partial charge < -0.3 is 10.5 Å². The molecule has 2 radical (unpaired) electrons. The van der Waals surface area contributed by atoms with E-state index in [2.05, 4.69) is 18.8 Å². The molecule has 1 aromatic heterocycles. The molecule has 5 nitrogen and oxygen atoms in total. The zero-order chi connectivity index (χ0) is 9.84. The van der Waals surface area contributed by atoms with Gasteiger partial charge in [0.15, 0.2) is 0 Å². The summed E-state index contributed by atoms with van der Waals surface area (Å²) in [7, 11) is 0. The first kappa shape index (κ1) is 9.73. The Balaban J connectivity index is 2.73. The molecule has 1 heterocycles. The zero-order valence-corrected chi connectivity index (χ0v) is 7.14. The molecule has 0 bridgehead atoms. The summed E-state index contributed by atoms with van der Waals surface area (Å²) in [6.45, 7) is 7.10. The molecule has 0 aliphatic heterocycles. The molecule has 2 N–H and O–H groups in total. The summed E-state index contributed by atoms with van der Waals surface area (Å²) in [6.07, 6.45) is 1.09. The van der Waals surface area contributed by atoms with Crippen LogP contribution in [0.1, 0.15) is 0 Å². The number of ether oxygens (including phenoxy) is 1. The van der Waals surface area contributed by atoms with Crippen molar-refractivity contribution in [2.24, 2.45) is 0 Å². The molecule has 0 aliphatic carbocycles. The van der Waals surface area contributed by atoms with Crippen molar-refractivity contribution in [3.8, 4) is 0 Å². The largest absolute Gasteiger partial charge is 0.383 e. The van der Waals surface area contributed by atoms with Crippen LogP contribution in [-0.4, -0.2) is 15.7 Å². The zero-order valence-electron chi connectivity index (χ0n) is 7.14. The van der Waals surface area contributed by atoms with Gasteiger partial charge in [0, 0.05) is 6.20 Å². The summed E-state index contributed by atoms with van der Waals surface area (Å²) in [5.41, 5.74) is 4.85. The van der Waals surface area contributed by atoms with Crippen LogP contribution < -0.4 is 11.4 Å². The number of anilines is 1. The Labute approximate surface area is 76.2 Å². The SMILES string of the molecule is [CH2]C([CH2])OCn1ccc(N)nc1=O. The van der Waals surface area contributed by atoms with E-state index >= 15 is 0 Å². The van der Waals surface area contributed by atoms with E-state index in [-0.39, 0.29) is 12.5 Å². The minimum absolute atomic E-state index is 0.0871. The summed E-state index contributed by atoms with van der Waals surface area (Å²) in [5, 5.41) is 0. The van der Waals surface area contributed by atoms with Gasteiger partial charge in [-0.3, -0.25) is 4.57 Å². The Bertz CT molecular complexity index is 332. The molecule has 70 valence electrons. The van der Waals surface area contributed by atoms with Crippen molar-refractivity contribution >= 4 is 5.82 Å². The van der Waals surface area contributed by atoms with Gasteiger partial charge in [0.2, 0.25) is 0 Å². The highest BCUT2D eigenvalue weighted by Crippen LogP contribution is 1.92. The van der Waals surface area contributed by atoms with E-state index in [4.69, 9.17) is 10.5 Å². The number of hydrogen-bond donors (Lipinski definition) is 1. The van der Waals surface area contributed by atoms with Crippen molar-refractivity contribution < 1.29 is 4.74 Å². The minimum Gasteiger partial charge on any atom is -0.383 e. The molecule has 0 atom stereocenters. The second kappa shape index (κ2) is 4.04. The highest BCUT2D eigenvalue weighted by molar-refractivity contribution is 5.23. The van der Waals surface area contributed by atoms with E-state index in [1.807, 2.05) is 0 Å². The van der Waals surface area contributed by atoms with E-state index in [9.17, 15) is 4.79 Å². The predicted octanol–water partition coefficient (Wildman–Crippen LogP) is -0.164. The third-order valence-electron chi connectivity index (χ3n) is 1.35. The van der Waals surface area contributed by atoms with Gasteiger partial charge in [-0.2, -0.15) is 4.98 Å². The molecule has 0 aromatic carbocycles. The molecule has 1 rings (SSSR count). The molecule has 0 unspecified atom stereocenters. The lowest BCUT2D eigenvalue weighted by molar-refractivity contribution is 0.0538. The van der Waals surface area contributed by atoms with E-state index in [0.29, 0.717) is 0 Å². The summed E-state index contributed by atoms with van der Waals surface area (Å²) >= 11 is 0. The highest BCUT2D eigenvalue weighted by atomic mass is 16.5. The Morgan fingerprint density at radius 2 is 2.38 bits per heavy atom. The smallest absolute Gasteiger partial charge is 0.351 e. The molecule has 0 spiro atoms. The van der Waals surface area contributed by atoms with Crippen molar-refractivity contribution in [3.63, 3.8) is 0 Å². The normalized spacial score (nSPS) is 10.7. The summed E-state index contributed by atoms with van der Waals surface area (Å²) in [5.74, 6) is 0.196. The van der Waals surface area contributed by atoms with Gasteiger partial charge in [-0.15, -0.1) is 0 Å². The first-order valence-corrected chi connectivity index (χ1v) is 3.70. The number of nitrogens with zero attached hydrogens (tertiary/aromatic N) is 2. The summed E-state index contributed by atoms with van der Waals surface area (Å²) < 4.78 is 6.29. The van der Waals surface area contributed by atoms with E-state index in [0.717, 1.165) is 0 Å². The van der Waals surface area contributed by atoms with Gasteiger partial charge in [-0.25, -0.2) is 4.79 Å². The third kappa shape index (κ3) is 2.87. The lowest BCUT2D eigenvalue weighted by Gasteiger charge is -2.08. The standard InChI is InChI=1S/C8H11N3O2/c1-6(2)13-5-11-4-3-7(9)10-8(11)12/h3-4,6H,1-2,5H2,(H2,9,10,12).